The van der Waals surface area contributed by atoms with Crippen molar-refractivity contribution < 1.29 is 13.2 Å². The van der Waals surface area contributed by atoms with Gasteiger partial charge in [0, 0.05) is 23.7 Å². The zero-order valence-electron chi connectivity index (χ0n) is 15.2. The Bertz CT molecular complexity index is 878. The van der Waals surface area contributed by atoms with Crippen LogP contribution in [0.25, 0.3) is 0 Å². The van der Waals surface area contributed by atoms with E-state index in [1.165, 1.54) is 11.3 Å². The van der Waals surface area contributed by atoms with E-state index >= 15 is 0 Å². The second kappa shape index (κ2) is 7.50. The van der Waals surface area contributed by atoms with Gasteiger partial charge in [0.25, 0.3) is 5.91 Å². The van der Waals surface area contributed by atoms with Crippen molar-refractivity contribution in [1.82, 2.24) is 4.31 Å². The number of sulfonamides is 1. The van der Waals surface area contributed by atoms with Gasteiger partial charge in [-0.2, -0.15) is 4.31 Å². The number of hydrogen-bond donors (Lipinski definition) is 1. The highest BCUT2D eigenvalue weighted by molar-refractivity contribution is 7.89. The fourth-order valence-electron chi connectivity index (χ4n) is 3.41. The molecule has 1 saturated heterocycles. The molecule has 26 heavy (non-hydrogen) atoms. The number of hydrogen-bond acceptors (Lipinski definition) is 4. The van der Waals surface area contributed by atoms with E-state index in [-0.39, 0.29) is 10.8 Å². The summed E-state index contributed by atoms with van der Waals surface area (Å²) in [7, 11) is -3.50. The molecule has 1 aromatic carbocycles. The number of amides is 1. The van der Waals surface area contributed by atoms with E-state index in [1.54, 1.807) is 34.6 Å². The van der Waals surface area contributed by atoms with Crippen LogP contribution in [0.4, 0.5) is 5.69 Å². The summed E-state index contributed by atoms with van der Waals surface area (Å²) >= 11 is 1.43. The summed E-state index contributed by atoms with van der Waals surface area (Å²) in [5.74, 6) is 0.542. The van der Waals surface area contributed by atoms with Crippen molar-refractivity contribution in [2.45, 2.75) is 32.1 Å². The summed E-state index contributed by atoms with van der Waals surface area (Å²) in [6.45, 7) is 7.24. The number of carbonyl (C=O) groups excluding carboxylic acids is 1. The van der Waals surface area contributed by atoms with Crippen LogP contribution in [-0.2, 0) is 10.0 Å². The Hall–Kier alpha value is -1.70. The first-order valence-electron chi connectivity index (χ1n) is 8.73. The lowest BCUT2D eigenvalue weighted by atomic mass is 9.94. The van der Waals surface area contributed by atoms with Crippen molar-refractivity contribution in [3.63, 3.8) is 0 Å². The molecule has 0 bridgehead atoms. The zero-order valence-corrected chi connectivity index (χ0v) is 16.9. The van der Waals surface area contributed by atoms with Crippen LogP contribution in [0, 0.1) is 18.8 Å². The van der Waals surface area contributed by atoms with E-state index in [0.29, 0.717) is 35.5 Å². The van der Waals surface area contributed by atoms with Crippen LogP contribution in [-0.4, -0.2) is 31.7 Å². The summed E-state index contributed by atoms with van der Waals surface area (Å²) in [5.41, 5.74) is 0.584. The van der Waals surface area contributed by atoms with Gasteiger partial charge in [0.2, 0.25) is 10.0 Å². The van der Waals surface area contributed by atoms with Crippen molar-refractivity contribution in [1.29, 1.82) is 0 Å². The van der Waals surface area contributed by atoms with Crippen LogP contribution < -0.4 is 5.32 Å². The lowest BCUT2D eigenvalue weighted by Crippen LogP contribution is -2.42. The van der Waals surface area contributed by atoms with Gasteiger partial charge < -0.3 is 5.32 Å². The Kier molecular flexibility index (Phi) is 5.50. The molecule has 2 heterocycles. The molecule has 0 aliphatic carbocycles. The van der Waals surface area contributed by atoms with Gasteiger partial charge in [-0.25, -0.2) is 8.42 Å². The fourth-order valence-corrected chi connectivity index (χ4v) is 5.85. The molecule has 1 amide bonds. The average Bonchev–Trinajstić information content (AvgIpc) is 3.01. The van der Waals surface area contributed by atoms with E-state index in [1.807, 2.05) is 13.0 Å². The van der Waals surface area contributed by atoms with Crippen LogP contribution in [0.5, 0.6) is 0 Å². The van der Waals surface area contributed by atoms with E-state index in [4.69, 9.17) is 0 Å². The number of anilines is 1. The first-order valence-corrected chi connectivity index (χ1v) is 11.0. The number of carbonyl (C=O) groups is 1. The van der Waals surface area contributed by atoms with Gasteiger partial charge >= 0.3 is 0 Å². The van der Waals surface area contributed by atoms with Gasteiger partial charge in [0.15, 0.2) is 0 Å². The molecule has 1 aliphatic heterocycles. The highest BCUT2D eigenvalue weighted by atomic mass is 32.2. The third kappa shape index (κ3) is 4.16. The quantitative estimate of drug-likeness (QED) is 0.856. The molecule has 140 valence electrons. The molecule has 7 heteroatoms. The Balaban J connectivity index is 1.73. The minimum Gasteiger partial charge on any atom is -0.321 e. The van der Waals surface area contributed by atoms with Gasteiger partial charge in [-0.05, 0) is 61.6 Å². The van der Waals surface area contributed by atoms with Crippen molar-refractivity contribution >= 4 is 33.0 Å². The molecular formula is C19H24N2O3S2. The van der Waals surface area contributed by atoms with Crippen LogP contribution in [0.1, 0.15) is 34.8 Å². The molecule has 1 fully saturated rings. The van der Waals surface area contributed by atoms with Crippen molar-refractivity contribution in [2.75, 3.05) is 18.4 Å². The number of nitrogens with zero attached hydrogens (tertiary/aromatic N) is 1. The highest BCUT2D eigenvalue weighted by Crippen LogP contribution is 2.27. The third-order valence-electron chi connectivity index (χ3n) is 4.55. The molecule has 0 saturated carbocycles. The lowest BCUT2D eigenvalue weighted by Gasteiger charge is -2.34. The molecule has 5 nitrogen and oxygen atoms in total. The molecule has 1 N–H and O–H groups in total. The number of benzene rings is 1. The Morgan fingerprint density at radius 1 is 1.08 bits per heavy atom. The third-order valence-corrected chi connectivity index (χ3v) is 7.39. The molecule has 3 rings (SSSR count). The predicted molar refractivity (Wildman–Crippen MR) is 105 cm³/mol. The van der Waals surface area contributed by atoms with Gasteiger partial charge in [0.05, 0.1) is 9.77 Å². The Morgan fingerprint density at radius 3 is 2.23 bits per heavy atom. The summed E-state index contributed by atoms with van der Waals surface area (Å²) in [6.07, 6.45) is 1.05. The number of thiophene rings is 1. The van der Waals surface area contributed by atoms with E-state index in [2.05, 4.69) is 19.2 Å². The van der Waals surface area contributed by atoms with Gasteiger partial charge in [-0.1, -0.05) is 13.8 Å². The topological polar surface area (TPSA) is 66.5 Å². The SMILES string of the molecule is Cc1ccc(C(=O)Nc2ccc(S(=O)(=O)N3C[C@H](C)C[C@H](C)C3)cc2)s1. The van der Waals surface area contributed by atoms with Crippen molar-refractivity contribution in [3.8, 4) is 0 Å². The van der Waals surface area contributed by atoms with Gasteiger partial charge in [0.1, 0.15) is 0 Å². The van der Waals surface area contributed by atoms with Crippen LogP contribution in [0.2, 0.25) is 0 Å². The monoisotopic (exact) mass is 392 g/mol. The Labute approximate surface area is 159 Å². The van der Waals surface area contributed by atoms with Crippen molar-refractivity contribution in [3.05, 3.63) is 46.2 Å². The molecule has 1 aromatic heterocycles. The van der Waals surface area contributed by atoms with E-state index < -0.39 is 10.0 Å². The molecule has 2 aromatic rings. The summed E-state index contributed by atoms with van der Waals surface area (Å²) < 4.78 is 27.3. The molecular weight excluding hydrogens is 368 g/mol. The minimum atomic E-state index is -3.50. The summed E-state index contributed by atoms with van der Waals surface area (Å²) in [5, 5.41) is 2.81. The largest absolute Gasteiger partial charge is 0.321 e. The number of nitrogens with one attached hydrogen (secondary N) is 1. The summed E-state index contributed by atoms with van der Waals surface area (Å²) in [6, 6.07) is 10.1. The van der Waals surface area contributed by atoms with Gasteiger partial charge in [-0.15, -0.1) is 11.3 Å². The molecule has 0 spiro atoms. The molecule has 2 atom stereocenters. The fraction of sp³-hybridized carbons (Fsp3) is 0.421. The maximum absolute atomic E-state index is 12.9. The van der Waals surface area contributed by atoms with Gasteiger partial charge in [-0.3, -0.25) is 4.79 Å². The second-order valence-electron chi connectivity index (χ2n) is 7.16. The summed E-state index contributed by atoms with van der Waals surface area (Å²) in [4.78, 5) is 14.2. The van der Waals surface area contributed by atoms with E-state index in [9.17, 15) is 13.2 Å². The smallest absolute Gasteiger partial charge is 0.265 e. The standard InChI is InChI=1S/C19H24N2O3S2/c1-13-10-14(2)12-21(11-13)26(23,24)17-7-5-16(6-8-17)20-19(22)18-9-4-15(3)25-18/h4-9,13-14H,10-12H2,1-3H3,(H,20,22)/t13-,14+. The van der Waals surface area contributed by atoms with Crippen molar-refractivity contribution in [2.24, 2.45) is 11.8 Å². The normalized spacial score (nSPS) is 21.5. The number of piperidine rings is 1. The molecule has 0 unspecified atom stereocenters. The molecule has 0 radical (unpaired) electrons. The minimum absolute atomic E-state index is 0.183. The zero-order chi connectivity index (χ0) is 18.9. The number of aryl methyl sites for hydroxylation is 1. The first kappa shape index (κ1) is 19.1. The second-order valence-corrected chi connectivity index (χ2v) is 10.4. The average molecular weight is 393 g/mol. The van der Waals surface area contributed by atoms with Crippen LogP contribution >= 0.6 is 11.3 Å². The maximum Gasteiger partial charge on any atom is 0.265 e. The highest BCUT2D eigenvalue weighted by Gasteiger charge is 2.31. The first-order chi connectivity index (χ1) is 12.3. The van der Waals surface area contributed by atoms with Crippen LogP contribution in [0.15, 0.2) is 41.3 Å². The van der Waals surface area contributed by atoms with Crippen LogP contribution in [0.3, 0.4) is 0 Å². The lowest BCUT2D eigenvalue weighted by molar-refractivity contribution is 0.103. The van der Waals surface area contributed by atoms with E-state index in [0.717, 1.165) is 11.3 Å². The Morgan fingerprint density at radius 2 is 1.69 bits per heavy atom. The molecule has 1 aliphatic rings. The number of rotatable bonds is 4. The predicted octanol–water partition coefficient (Wildman–Crippen LogP) is 3.98. The maximum atomic E-state index is 12.9.